The second-order valence-electron chi connectivity index (χ2n) is 4.30. The molecule has 2 rings (SSSR count). The highest BCUT2D eigenvalue weighted by Gasteiger charge is 2.09. The Bertz CT molecular complexity index is 536. The molecule has 0 aliphatic rings. The number of nitrogens with zero attached hydrogens (tertiary/aromatic N) is 2. The number of hydrogen-bond donors (Lipinski definition) is 1. The van der Waals surface area contributed by atoms with Crippen molar-refractivity contribution in [3.63, 3.8) is 0 Å². The van der Waals surface area contributed by atoms with Crippen LogP contribution in [0.15, 0.2) is 29.0 Å². The third kappa shape index (κ3) is 2.87. The van der Waals surface area contributed by atoms with Crippen LogP contribution in [0.2, 0.25) is 0 Å². The zero-order valence-electron chi connectivity index (χ0n) is 10.4. The number of amides is 1. The lowest BCUT2D eigenvalue weighted by Gasteiger charge is -2.17. The van der Waals surface area contributed by atoms with E-state index in [2.05, 4.69) is 4.98 Å². The predicted molar refractivity (Wildman–Crippen MR) is 68.8 cm³/mol. The monoisotopic (exact) mass is 247 g/mol. The Morgan fingerprint density at radius 3 is 3.11 bits per heavy atom. The average Bonchev–Trinajstić information content (AvgIpc) is 2.83. The summed E-state index contributed by atoms with van der Waals surface area (Å²) in [5.41, 5.74) is 8.00. The lowest BCUT2D eigenvalue weighted by atomic mass is 10.2. The highest BCUT2D eigenvalue weighted by molar-refractivity contribution is 5.76. The van der Waals surface area contributed by atoms with Gasteiger partial charge < -0.3 is 15.1 Å². The van der Waals surface area contributed by atoms with Crippen LogP contribution in [0.1, 0.15) is 18.4 Å². The number of rotatable bonds is 5. The number of oxazole rings is 1. The zero-order valence-corrected chi connectivity index (χ0v) is 10.4. The maximum Gasteiger partial charge on any atom is 0.222 e. The molecule has 1 heterocycles. The standard InChI is InChI=1S/C13H17N3O2/c1-16(13(17)3-2-6-14)8-10-4-5-11-12(7-10)18-9-15-11/h4-5,7,9H,2-3,6,8,14H2,1H3. The van der Waals surface area contributed by atoms with E-state index in [-0.39, 0.29) is 5.91 Å². The van der Waals surface area contributed by atoms with Crippen molar-refractivity contribution in [1.29, 1.82) is 0 Å². The Hall–Kier alpha value is -1.88. The SMILES string of the molecule is CN(Cc1ccc2ncoc2c1)C(=O)CCCN. The number of hydrogen-bond acceptors (Lipinski definition) is 4. The van der Waals surface area contributed by atoms with Gasteiger partial charge in [-0.3, -0.25) is 4.79 Å². The molecule has 0 unspecified atom stereocenters. The molecule has 5 nitrogen and oxygen atoms in total. The Balaban J connectivity index is 2.01. The molecule has 2 N–H and O–H groups in total. The third-order valence-corrected chi connectivity index (χ3v) is 2.84. The maximum absolute atomic E-state index is 11.8. The minimum atomic E-state index is 0.109. The molecule has 1 aromatic heterocycles. The van der Waals surface area contributed by atoms with Gasteiger partial charge in [0, 0.05) is 20.0 Å². The van der Waals surface area contributed by atoms with E-state index in [1.54, 1.807) is 11.9 Å². The molecule has 0 saturated heterocycles. The molecule has 2 aromatic rings. The van der Waals surface area contributed by atoms with Gasteiger partial charge in [0.2, 0.25) is 5.91 Å². The summed E-state index contributed by atoms with van der Waals surface area (Å²) in [6, 6.07) is 5.76. The Labute approximate surface area is 106 Å². The fraction of sp³-hybridized carbons (Fsp3) is 0.385. The number of nitrogens with two attached hydrogens (primary N) is 1. The zero-order chi connectivity index (χ0) is 13.0. The molecular formula is C13H17N3O2. The number of fused-ring (bicyclic) bond motifs is 1. The average molecular weight is 247 g/mol. The first kappa shape index (κ1) is 12.6. The molecule has 0 spiro atoms. The molecule has 0 fully saturated rings. The van der Waals surface area contributed by atoms with Crippen molar-refractivity contribution in [3.05, 3.63) is 30.2 Å². The largest absolute Gasteiger partial charge is 0.443 e. The van der Waals surface area contributed by atoms with Crippen LogP contribution in [0.25, 0.3) is 11.1 Å². The van der Waals surface area contributed by atoms with E-state index in [1.807, 2.05) is 18.2 Å². The van der Waals surface area contributed by atoms with E-state index < -0.39 is 0 Å². The summed E-state index contributed by atoms with van der Waals surface area (Å²) in [6.07, 6.45) is 2.65. The summed E-state index contributed by atoms with van der Waals surface area (Å²) in [5.74, 6) is 0.109. The second kappa shape index (κ2) is 5.64. The Morgan fingerprint density at radius 2 is 2.33 bits per heavy atom. The molecule has 0 aliphatic carbocycles. The van der Waals surface area contributed by atoms with Gasteiger partial charge in [-0.05, 0) is 30.7 Å². The summed E-state index contributed by atoms with van der Waals surface area (Å²) >= 11 is 0. The summed E-state index contributed by atoms with van der Waals surface area (Å²) in [7, 11) is 1.80. The Kier molecular flexibility index (Phi) is 3.94. The van der Waals surface area contributed by atoms with E-state index in [4.69, 9.17) is 10.2 Å². The quantitative estimate of drug-likeness (QED) is 0.869. The number of benzene rings is 1. The lowest BCUT2D eigenvalue weighted by Crippen LogP contribution is -2.26. The predicted octanol–water partition coefficient (Wildman–Crippen LogP) is 1.53. The third-order valence-electron chi connectivity index (χ3n) is 2.84. The molecule has 0 saturated carbocycles. The fourth-order valence-corrected chi connectivity index (χ4v) is 1.80. The number of carbonyl (C=O) groups excluding carboxylic acids is 1. The summed E-state index contributed by atoms with van der Waals surface area (Å²) in [5, 5.41) is 0. The molecule has 0 aliphatic heterocycles. The lowest BCUT2D eigenvalue weighted by molar-refractivity contribution is -0.130. The molecule has 1 aromatic carbocycles. The van der Waals surface area contributed by atoms with Crippen molar-refractivity contribution in [1.82, 2.24) is 9.88 Å². The van der Waals surface area contributed by atoms with Gasteiger partial charge in [0.05, 0.1) is 0 Å². The van der Waals surface area contributed by atoms with E-state index in [0.29, 0.717) is 19.5 Å². The van der Waals surface area contributed by atoms with Gasteiger partial charge in [0.25, 0.3) is 0 Å². The minimum absolute atomic E-state index is 0.109. The van der Waals surface area contributed by atoms with Crippen molar-refractivity contribution in [2.45, 2.75) is 19.4 Å². The highest BCUT2D eigenvalue weighted by atomic mass is 16.3. The molecule has 1 amide bonds. The topological polar surface area (TPSA) is 72.4 Å². The van der Waals surface area contributed by atoms with E-state index in [1.165, 1.54) is 6.39 Å². The van der Waals surface area contributed by atoms with Crippen molar-refractivity contribution in [2.24, 2.45) is 5.73 Å². The van der Waals surface area contributed by atoms with Crippen LogP contribution in [0, 0.1) is 0 Å². The molecule has 5 heteroatoms. The molecule has 0 radical (unpaired) electrons. The van der Waals surface area contributed by atoms with Crippen LogP contribution in [-0.2, 0) is 11.3 Å². The van der Waals surface area contributed by atoms with Crippen LogP contribution in [0.3, 0.4) is 0 Å². The van der Waals surface area contributed by atoms with Gasteiger partial charge in [-0.2, -0.15) is 0 Å². The summed E-state index contributed by atoms with van der Waals surface area (Å²) in [4.78, 5) is 17.5. The first-order valence-corrected chi connectivity index (χ1v) is 5.97. The van der Waals surface area contributed by atoms with Crippen LogP contribution in [0.5, 0.6) is 0 Å². The van der Waals surface area contributed by atoms with Crippen LogP contribution < -0.4 is 5.73 Å². The summed E-state index contributed by atoms with van der Waals surface area (Å²) < 4.78 is 5.23. The van der Waals surface area contributed by atoms with Crippen LogP contribution in [0.4, 0.5) is 0 Å². The van der Waals surface area contributed by atoms with E-state index in [9.17, 15) is 4.79 Å². The molecule has 96 valence electrons. The maximum atomic E-state index is 11.8. The summed E-state index contributed by atoms with van der Waals surface area (Å²) in [6.45, 7) is 1.11. The number of carbonyl (C=O) groups is 1. The van der Waals surface area contributed by atoms with Gasteiger partial charge in [0.15, 0.2) is 12.0 Å². The molecule has 0 atom stereocenters. The normalized spacial score (nSPS) is 10.8. The van der Waals surface area contributed by atoms with Crippen LogP contribution in [-0.4, -0.2) is 29.4 Å². The first-order valence-electron chi connectivity index (χ1n) is 5.97. The molecule has 18 heavy (non-hydrogen) atoms. The van der Waals surface area contributed by atoms with Crippen molar-refractivity contribution >= 4 is 17.0 Å². The van der Waals surface area contributed by atoms with Gasteiger partial charge in [-0.15, -0.1) is 0 Å². The van der Waals surface area contributed by atoms with Crippen molar-refractivity contribution in [2.75, 3.05) is 13.6 Å². The second-order valence-corrected chi connectivity index (χ2v) is 4.30. The van der Waals surface area contributed by atoms with Gasteiger partial charge in [0.1, 0.15) is 5.52 Å². The molecular weight excluding hydrogens is 230 g/mol. The van der Waals surface area contributed by atoms with Crippen molar-refractivity contribution < 1.29 is 9.21 Å². The first-order chi connectivity index (χ1) is 8.70. The Morgan fingerprint density at radius 1 is 1.50 bits per heavy atom. The number of aromatic nitrogens is 1. The minimum Gasteiger partial charge on any atom is -0.443 e. The van der Waals surface area contributed by atoms with Gasteiger partial charge in [-0.1, -0.05) is 6.07 Å². The van der Waals surface area contributed by atoms with Crippen LogP contribution >= 0.6 is 0 Å². The van der Waals surface area contributed by atoms with Crippen molar-refractivity contribution in [3.8, 4) is 0 Å². The smallest absolute Gasteiger partial charge is 0.222 e. The highest BCUT2D eigenvalue weighted by Crippen LogP contribution is 2.15. The van der Waals surface area contributed by atoms with Gasteiger partial charge in [-0.25, -0.2) is 4.98 Å². The van der Waals surface area contributed by atoms with Gasteiger partial charge >= 0.3 is 0 Å². The fourth-order valence-electron chi connectivity index (χ4n) is 1.80. The van der Waals surface area contributed by atoms with E-state index in [0.717, 1.165) is 23.1 Å². The molecule has 0 bridgehead atoms. The van der Waals surface area contributed by atoms with E-state index >= 15 is 0 Å².